The third-order valence-corrected chi connectivity index (χ3v) is 7.43. The van der Waals surface area contributed by atoms with Crippen molar-refractivity contribution in [2.45, 2.75) is 33.4 Å². The first-order chi connectivity index (χ1) is 19.5. The molecule has 0 saturated carbocycles. The number of carbonyl (C=O) groups excluding carboxylic acids is 1. The van der Waals surface area contributed by atoms with E-state index in [4.69, 9.17) is 14.2 Å². The lowest BCUT2D eigenvalue weighted by Crippen LogP contribution is -2.39. The molecule has 4 aromatic rings. The van der Waals surface area contributed by atoms with Crippen LogP contribution in [-0.4, -0.2) is 23.8 Å². The van der Waals surface area contributed by atoms with Crippen LogP contribution in [0.15, 0.2) is 99.9 Å². The van der Waals surface area contributed by atoms with Crippen LogP contribution in [0.3, 0.4) is 0 Å². The van der Waals surface area contributed by atoms with Crippen LogP contribution in [-0.2, 0) is 16.1 Å². The third-order valence-electron chi connectivity index (χ3n) is 6.45. The molecule has 0 N–H and O–H groups in total. The predicted molar refractivity (Wildman–Crippen MR) is 155 cm³/mol. The second kappa shape index (κ2) is 12.2. The van der Waals surface area contributed by atoms with E-state index in [1.807, 2.05) is 91.9 Å². The fourth-order valence-corrected chi connectivity index (χ4v) is 5.62. The molecular formula is C32H30N2O5S. The van der Waals surface area contributed by atoms with Gasteiger partial charge in [-0.05, 0) is 67.8 Å². The van der Waals surface area contributed by atoms with Gasteiger partial charge in [-0.15, -0.1) is 0 Å². The van der Waals surface area contributed by atoms with Crippen molar-refractivity contribution < 1.29 is 19.0 Å². The summed E-state index contributed by atoms with van der Waals surface area (Å²) in [7, 11) is 0. The Labute approximate surface area is 236 Å². The molecule has 1 aliphatic rings. The fourth-order valence-electron chi connectivity index (χ4n) is 4.57. The molecule has 7 nitrogen and oxygen atoms in total. The van der Waals surface area contributed by atoms with Gasteiger partial charge < -0.3 is 14.2 Å². The molecule has 0 saturated heterocycles. The number of thiazole rings is 1. The SMILES string of the molecule is CCOC(=O)C1=C(C)N=c2sc(=Cc3ccc(OCc4ccccc4)cc3)c(=O)n2[C@H]1c1ccc(OCC)cc1. The van der Waals surface area contributed by atoms with E-state index in [9.17, 15) is 9.59 Å². The number of allylic oxidation sites excluding steroid dienone is 1. The van der Waals surface area contributed by atoms with E-state index >= 15 is 0 Å². The van der Waals surface area contributed by atoms with Gasteiger partial charge >= 0.3 is 5.97 Å². The highest BCUT2D eigenvalue weighted by Gasteiger charge is 2.33. The van der Waals surface area contributed by atoms with Crippen molar-refractivity contribution in [1.82, 2.24) is 4.57 Å². The highest BCUT2D eigenvalue weighted by atomic mass is 32.1. The number of nitrogens with zero attached hydrogens (tertiary/aromatic N) is 2. The first-order valence-corrected chi connectivity index (χ1v) is 14.0. The minimum Gasteiger partial charge on any atom is -0.494 e. The van der Waals surface area contributed by atoms with Gasteiger partial charge in [-0.3, -0.25) is 9.36 Å². The number of benzene rings is 3. The minimum atomic E-state index is -0.665. The number of hydrogen-bond acceptors (Lipinski definition) is 7. The van der Waals surface area contributed by atoms with Crippen LogP contribution in [0.1, 0.15) is 43.5 Å². The van der Waals surface area contributed by atoms with Crippen LogP contribution in [0.2, 0.25) is 0 Å². The predicted octanol–water partition coefficient (Wildman–Crippen LogP) is 4.78. The second-order valence-electron chi connectivity index (χ2n) is 9.15. The first kappa shape index (κ1) is 27.1. The summed E-state index contributed by atoms with van der Waals surface area (Å²) >= 11 is 1.30. The maximum absolute atomic E-state index is 13.8. The molecule has 0 aliphatic carbocycles. The van der Waals surface area contributed by atoms with E-state index in [0.717, 1.165) is 22.4 Å². The Balaban J connectivity index is 1.50. The van der Waals surface area contributed by atoms with Gasteiger partial charge in [-0.2, -0.15) is 0 Å². The summed E-state index contributed by atoms with van der Waals surface area (Å²) < 4.78 is 19.0. The monoisotopic (exact) mass is 554 g/mol. The molecule has 1 aromatic heterocycles. The van der Waals surface area contributed by atoms with Gasteiger partial charge in [-0.1, -0.05) is 65.9 Å². The quantitative estimate of drug-likeness (QED) is 0.279. The molecule has 8 heteroatoms. The van der Waals surface area contributed by atoms with Crippen molar-refractivity contribution in [3.8, 4) is 11.5 Å². The van der Waals surface area contributed by atoms with E-state index in [2.05, 4.69) is 4.99 Å². The molecule has 3 aromatic carbocycles. The lowest BCUT2D eigenvalue weighted by molar-refractivity contribution is -0.139. The lowest BCUT2D eigenvalue weighted by atomic mass is 9.96. The van der Waals surface area contributed by atoms with Gasteiger partial charge in [0.25, 0.3) is 5.56 Å². The molecule has 1 aliphatic heterocycles. The van der Waals surface area contributed by atoms with Crippen molar-refractivity contribution in [3.05, 3.63) is 127 Å². The van der Waals surface area contributed by atoms with Gasteiger partial charge in [-0.25, -0.2) is 9.79 Å². The molecule has 1 atom stereocenters. The van der Waals surface area contributed by atoms with Crippen molar-refractivity contribution in [1.29, 1.82) is 0 Å². The molecule has 2 heterocycles. The summed E-state index contributed by atoms with van der Waals surface area (Å²) in [6.07, 6.45) is 1.84. The summed E-state index contributed by atoms with van der Waals surface area (Å²) in [6.45, 7) is 6.70. The van der Waals surface area contributed by atoms with E-state index in [1.54, 1.807) is 18.4 Å². The minimum absolute atomic E-state index is 0.221. The Morgan fingerprint density at radius 3 is 2.27 bits per heavy atom. The van der Waals surface area contributed by atoms with Crippen LogP contribution < -0.4 is 24.4 Å². The summed E-state index contributed by atoms with van der Waals surface area (Å²) in [6, 6.07) is 24.3. The number of carbonyl (C=O) groups is 1. The number of rotatable bonds is 9. The zero-order valence-corrected chi connectivity index (χ0v) is 23.4. The standard InChI is InChI=1S/C32H30N2O5S/c1-4-37-25-17-13-24(14-18-25)29-28(31(36)38-5-2)21(3)33-32-34(29)30(35)27(40-32)19-22-11-15-26(16-12-22)39-20-23-9-7-6-8-10-23/h6-19,29H,4-5,20H2,1-3H3/t29-/m0/s1. The average molecular weight is 555 g/mol. The summed E-state index contributed by atoms with van der Waals surface area (Å²) in [5.74, 6) is 0.976. The number of fused-ring (bicyclic) bond motifs is 1. The largest absolute Gasteiger partial charge is 0.494 e. The molecule has 204 valence electrons. The van der Waals surface area contributed by atoms with Gasteiger partial charge in [0.15, 0.2) is 4.80 Å². The normalized spacial score (nSPS) is 14.9. The molecule has 5 rings (SSSR count). The van der Waals surface area contributed by atoms with E-state index in [1.165, 1.54) is 11.3 Å². The Morgan fingerprint density at radius 1 is 0.925 bits per heavy atom. The third kappa shape index (κ3) is 5.77. The van der Waals surface area contributed by atoms with E-state index in [0.29, 0.717) is 39.6 Å². The Hall–Kier alpha value is -4.43. The van der Waals surface area contributed by atoms with Crippen LogP contribution in [0, 0.1) is 0 Å². The zero-order chi connectivity index (χ0) is 28.1. The molecule has 0 fully saturated rings. The van der Waals surface area contributed by atoms with Crippen molar-refractivity contribution in [2.75, 3.05) is 13.2 Å². The summed E-state index contributed by atoms with van der Waals surface area (Å²) in [5.41, 5.74) is 3.38. The number of esters is 1. The maximum atomic E-state index is 13.8. The van der Waals surface area contributed by atoms with Crippen LogP contribution in [0.5, 0.6) is 11.5 Å². The number of hydrogen-bond donors (Lipinski definition) is 0. The van der Waals surface area contributed by atoms with Gasteiger partial charge in [0, 0.05) is 0 Å². The lowest BCUT2D eigenvalue weighted by Gasteiger charge is -2.24. The van der Waals surface area contributed by atoms with E-state index < -0.39 is 12.0 Å². The molecule has 0 radical (unpaired) electrons. The molecule has 0 spiro atoms. The van der Waals surface area contributed by atoms with Crippen molar-refractivity contribution in [2.24, 2.45) is 4.99 Å². The maximum Gasteiger partial charge on any atom is 0.338 e. The average Bonchev–Trinajstić information content (AvgIpc) is 3.27. The zero-order valence-electron chi connectivity index (χ0n) is 22.6. The van der Waals surface area contributed by atoms with E-state index in [-0.39, 0.29) is 12.2 Å². The van der Waals surface area contributed by atoms with Crippen LogP contribution in [0.4, 0.5) is 0 Å². The molecule has 0 unspecified atom stereocenters. The van der Waals surface area contributed by atoms with Gasteiger partial charge in [0.2, 0.25) is 0 Å². The van der Waals surface area contributed by atoms with Crippen LogP contribution in [0.25, 0.3) is 6.08 Å². The smallest absolute Gasteiger partial charge is 0.338 e. The Bertz CT molecular complexity index is 1700. The summed E-state index contributed by atoms with van der Waals surface area (Å²) in [4.78, 5) is 32.0. The molecular weight excluding hydrogens is 524 g/mol. The highest BCUT2D eigenvalue weighted by molar-refractivity contribution is 7.07. The first-order valence-electron chi connectivity index (χ1n) is 13.2. The highest BCUT2D eigenvalue weighted by Crippen LogP contribution is 2.31. The van der Waals surface area contributed by atoms with Crippen molar-refractivity contribution in [3.63, 3.8) is 0 Å². The number of ether oxygens (including phenoxy) is 3. The Kier molecular flexibility index (Phi) is 8.26. The summed E-state index contributed by atoms with van der Waals surface area (Å²) in [5, 5.41) is 0. The molecule has 0 amide bonds. The van der Waals surface area contributed by atoms with Gasteiger partial charge in [0.05, 0.1) is 35.1 Å². The Morgan fingerprint density at radius 2 is 1.60 bits per heavy atom. The van der Waals surface area contributed by atoms with Crippen LogP contribution >= 0.6 is 11.3 Å². The fraction of sp³-hybridized carbons (Fsp3) is 0.219. The second-order valence-corrected chi connectivity index (χ2v) is 10.2. The topological polar surface area (TPSA) is 79.1 Å². The molecule has 0 bridgehead atoms. The van der Waals surface area contributed by atoms with Gasteiger partial charge in [0.1, 0.15) is 18.1 Å². The number of aromatic nitrogens is 1. The van der Waals surface area contributed by atoms with Crippen molar-refractivity contribution >= 4 is 23.4 Å². The molecule has 40 heavy (non-hydrogen) atoms.